The van der Waals surface area contributed by atoms with Crippen LogP contribution in [0.5, 0.6) is 0 Å². The van der Waals surface area contributed by atoms with Crippen LogP contribution in [0.15, 0.2) is 22.0 Å². The number of hydrogen-bond donors (Lipinski definition) is 1. The zero-order chi connectivity index (χ0) is 10.8. The average Bonchev–Trinajstić information content (AvgIpc) is 2.75. The van der Waals surface area contributed by atoms with Gasteiger partial charge in [-0.05, 0) is 34.3 Å². The van der Waals surface area contributed by atoms with Gasteiger partial charge in [0.15, 0.2) is 5.82 Å². The monoisotopic (exact) mass is 283 g/mol. The molecule has 0 fully saturated rings. The predicted octanol–water partition coefficient (Wildman–Crippen LogP) is 3.32. The summed E-state index contributed by atoms with van der Waals surface area (Å²) in [5.74, 6) is 1.60. The van der Waals surface area contributed by atoms with Gasteiger partial charge in [-0.15, -0.1) is 11.3 Å². The maximum absolute atomic E-state index is 4.44. The molecule has 3 nitrogen and oxygen atoms in total. The smallest absolute Gasteiger partial charge is 0.171 e. The summed E-state index contributed by atoms with van der Waals surface area (Å²) in [6.45, 7) is 1.96. The van der Waals surface area contributed by atoms with Crippen molar-refractivity contribution in [2.24, 2.45) is 0 Å². The fourth-order valence-electron chi connectivity index (χ4n) is 1.24. The third-order valence-corrected chi connectivity index (χ3v) is 3.81. The number of aryl methyl sites for hydroxylation is 1. The molecule has 1 N–H and O–H groups in total. The lowest BCUT2D eigenvalue weighted by Gasteiger charge is -2.07. The van der Waals surface area contributed by atoms with Crippen LogP contribution >= 0.6 is 27.3 Å². The Morgan fingerprint density at radius 3 is 2.80 bits per heavy atom. The Hall–Kier alpha value is -0.940. The zero-order valence-corrected chi connectivity index (χ0v) is 10.8. The Kier molecular flexibility index (Phi) is 3.02. The van der Waals surface area contributed by atoms with Crippen LogP contribution in [-0.4, -0.2) is 17.0 Å². The highest BCUT2D eigenvalue weighted by molar-refractivity contribution is 9.10. The molecule has 78 valence electrons. The first-order valence-corrected chi connectivity index (χ1v) is 6.15. The summed E-state index contributed by atoms with van der Waals surface area (Å²) in [6.07, 6.45) is 0. The number of aromatic nitrogens is 2. The van der Waals surface area contributed by atoms with Gasteiger partial charge in [-0.2, -0.15) is 0 Å². The van der Waals surface area contributed by atoms with Gasteiger partial charge in [0.1, 0.15) is 5.82 Å². The highest BCUT2D eigenvalue weighted by Gasteiger charge is 2.09. The van der Waals surface area contributed by atoms with Crippen molar-refractivity contribution in [2.75, 3.05) is 12.4 Å². The minimum atomic E-state index is 0.773. The van der Waals surface area contributed by atoms with E-state index in [0.29, 0.717) is 0 Å². The van der Waals surface area contributed by atoms with Gasteiger partial charge in [-0.25, -0.2) is 9.97 Å². The molecule has 0 saturated heterocycles. The third kappa shape index (κ3) is 2.03. The summed E-state index contributed by atoms with van der Waals surface area (Å²) < 4.78 is 0.922. The molecule has 0 atom stereocenters. The maximum Gasteiger partial charge on any atom is 0.171 e. The quantitative estimate of drug-likeness (QED) is 0.919. The van der Waals surface area contributed by atoms with Crippen molar-refractivity contribution in [1.29, 1.82) is 0 Å². The first kappa shape index (κ1) is 10.6. The van der Waals surface area contributed by atoms with Crippen molar-refractivity contribution in [3.05, 3.63) is 27.7 Å². The van der Waals surface area contributed by atoms with Gasteiger partial charge in [0.2, 0.25) is 0 Å². The van der Waals surface area contributed by atoms with Crippen LogP contribution in [0.3, 0.4) is 0 Å². The Bertz CT molecular complexity index is 468. The van der Waals surface area contributed by atoms with Crippen molar-refractivity contribution in [1.82, 2.24) is 9.97 Å². The predicted molar refractivity (Wildman–Crippen MR) is 67.3 cm³/mol. The van der Waals surface area contributed by atoms with Crippen molar-refractivity contribution in [3.63, 3.8) is 0 Å². The van der Waals surface area contributed by atoms with Gasteiger partial charge in [0, 0.05) is 7.05 Å². The molecule has 0 aliphatic heterocycles. The molecule has 0 radical (unpaired) electrons. The standard InChI is InChI=1S/C10H10BrN3S/c1-6-8(11)10(12-2)14-9(13-6)7-4-3-5-15-7/h3-5H,1-2H3,(H,12,13,14). The van der Waals surface area contributed by atoms with Gasteiger partial charge in [0.25, 0.3) is 0 Å². The van der Waals surface area contributed by atoms with Crippen LogP contribution in [0.25, 0.3) is 10.7 Å². The minimum Gasteiger partial charge on any atom is -0.372 e. The van der Waals surface area contributed by atoms with Crippen molar-refractivity contribution >= 4 is 33.1 Å². The topological polar surface area (TPSA) is 37.8 Å². The molecule has 0 amide bonds. The van der Waals surface area contributed by atoms with Crippen LogP contribution in [0.1, 0.15) is 5.69 Å². The lowest BCUT2D eigenvalue weighted by atomic mass is 10.3. The van der Waals surface area contributed by atoms with E-state index >= 15 is 0 Å². The average molecular weight is 284 g/mol. The van der Waals surface area contributed by atoms with Gasteiger partial charge in [0.05, 0.1) is 15.0 Å². The Morgan fingerprint density at radius 1 is 1.40 bits per heavy atom. The number of nitrogens with one attached hydrogen (secondary N) is 1. The molecule has 2 aromatic rings. The summed E-state index contributed by atoms with van der Waals surface area (Å²) in [4.78, 5) is 9.96. The molecule has 0 bridgehead atoms. The first-order chi connectivity index (χ1) is 7.22. The summed E-state index contributed by atoms with van der Waals surface area (Å²) in [7, 11) is 1.85. The van der Waals surface area contributed by atoms with E-state index in [1.165, 1.54) is 0 Å². The van der Waals surface area contributed by atoms with Crippen LogP contribution < -0.4 is 5.32 Å². The summed E-state index contributed by atoms with van der Waals surface area (Å²) in [6, 6.07) is 4.02. The lowest BCUT2D eigenvalue weighted by molar-refractivity contribution is 1.10. The number of nitrogens with zero attached hydrogens (tertiary/aromatic N) is 2. The maximum atomic E-state index is 4.44. The van der Waals surface area contributed by atoms with E-state index < -0.39 is 0 Å². The highest BCUT2D eigenvalue weighted by Crippen LogP contribution is 2.28. The molecular weight excluding hydrogens is 274 g/mol. The Morgan fingerprint density at radius 2 is 2.20 bits per heavy atom. The fraction of sp³-hybridized carbons (Fsp3) is 0.200. The fourth-order valence-corrected chi connectivity index (χ4v) is 2.27. The van der Waals surface area contributed by atoms with Crippen LogP contribution in [0.2, 0.25) is 0 Å². The normalized spacial score (nSPS) is 10.3. The number of thiophene rings is 1. The van der Waals surface area contributed by atoms with E-state index in [4.69, 9.17) is 0 Å². The molecule has 0 unspecified atom stereocenters. The summed E-state index contributed by atoms with van der Waals surface area (Å²) in [5.41, 5.74) is 0.942. The van der Waals surface area contributed by atoms with Crippen LogP contribution in [0.4, 0.5) is 5.82 Å². The van der Waals surface area contributed by atoms with Crippen LogP contribution in [0, 0.1) is 6.92 Å². The van der Waals surface area contributed by atoms with E-state index in [-0.39, 0.29) is 0 Å². The van der Waals surface area contributed by atoms with Gasteiger partial charge >= 0.3 is 0 Å². The molecule has 0 aromatic carbocycles. The number of halogens is 1. The van der Waals surface area contributed by atoms with Gasteiger partial charge < -0.3 is 5.32 Å². The third-order valence-electron chi connectivity index (χ3n) is 2.00. The minimum absolute atomic E-state index is 0.773. The van der Waals surface area contributed by atoms with E-state index in [1.807, 2.05) is 31.5 Å². The lowest BCUT2D eigenvalue weighted by Crippen LogP contribution is -1.99. The number of hydrogen-bond acceptors (Lipinski definition) is 4. The molecular formula is C10H10BrN3S. The Balaban J connectivity index is 2.55. The van der Waals surface area contributed by atoms with Crippen molar-refractivity contribution in [2.45, 2.75) is 6.92 Å². The molecule has 0 saturated carbocycles. The van der Waals surface area contributed by atoms with Gasteiger partial charge in [-0.1, -0.05) is 6.07 Å². The molecule has 5 heteroatoms. The molecule has 0 aliphatic rings. The molecule has 2 rings (SSSR count). The highest BCUT2D eigenvalue weighted by atomic mass is 79.9. The Labute approximate surface area is 101 Å². The van der Waals surface area contributed by atoms with E-state index in [2.05, 4.69) is 31.2 Å². The SMILES string of the molecule is CNc1nc(-c2cccs2)nc(C)c1Br. The van der Waals surface area contributed by atoms with E-state index in [1.54, 1.807) is 11.3 Å². The second-order valence-corrected chi connectivity index (χ2v) is 4.76. The van der Waals surface area contributed by atoms with Gasteiger partial charge in [-0.3, -0.25) is 0 Å². The molecule has 0 spiro atoms. The largest absolute Gasteiger partial charge is 0.372 e. The second kappa shape index (κ2) is 4.28. The molecule has 2 aromatic heterocycles. The zero-order valence-electron chi connectivity index (χ0n) is 8.41. The summed E-state index contributed by atoms with van der Waals surface area (Å²) in [5, 5.41) is 5.07. The number of rotatable bonds is 2. The first-order valence-electron chi connectivity index (χ1n) is 4.48. The number of anilines is 1. The molecule has 2 heterocycles. The van der Waals surface area contributed by atoms with E-state index in [0.717, 1.165) is 26.7 Å². The van der Waals surface area contributed by atoms with E-state index in [9.17, 15) is 0 Å². The second-order valence-electron chi connectivity index (χ2n) is 3.02. The van der Waals surface area contributed by atoms with Crippen molar-refractivity contribution in [3.8, 4) is 10.7 Å². The van der Waals surface area contributed by atoms with Crippen LogP contribution in [-0.2, 0) is 0 Å². The molecule has 0 aliphatic carbocycles. The summed E-state index contributed by atoms with van der Waals surface area (Å²) >= 11 is 5.10. The molecule has 15 heavy (non-hydrogen) atoms. The van der Waals surface area contributed by atoms with Crippen molar-refractivity contribution < 1.29 is 0 Å².